The van der Waals surface area contributed by atoms with Gasteiger partial charge >= 0.3 is 0 Å². The van der Waals surface area contributed by atoms with Crippen molar-refractivity contribution >= 4 is 15.9 Å². The summed E-state index contributed by atoms with van der Waals surface area (Å²) in [7, 11) is -4.19. The Morgan fingerprint density at radius 2 is 1.61 bits per heavy atom. The molecule has 1 aliphatic rings. The lowest BCUT2D eigenvalue weighted by molar-refractivity contribution is 0.0687. The van der Waals surface area contributed by atoms with Crippen molar-refractivity contribution in [3.8, 4) is 0 Å². The summed E-state index contributed by atoms with van der Waals surface area (Å²) < 4.78 is 55.9. The summed E-state index contributed by atoms with van der Waals surface area (Å²) in [5.74, 6) is -2.03. The van der Waals surface area contributed by atoms with Crippen molar-refractivity contribution in [1.29, 1.82) is 0 Å². The second kappa shape index (κ2) is 8.60. The molecule has 1 saturated heterocycles. The van der Waals surface area contributed by atoms with E-state index < -0.39 is 26.6 Å². The zero-order valence-corrected chi connectivity index (χ0v) is 17.4. The van der Waals surface area contributed by atoms with Crippen LogP contribution in [0.5, 0.6) is 0 Å². The number of piperazine rings is 1. The molecular formula is C22H21F2N3O3S. The van der Waals surface area contributed by atoms with E-state index in [2.05, 4.69) is 0 Å². The van der Waals surface area contributed by atoms with Crippen molar-refractivity contribution in [2.45, 2.75) is 11.4 Å². The van der Waals surface area contributed by atoms with Gasteiger partial charge in [0.2, 0.25) is 10.0 Å². The van der Waals surface area contributed by atoms with Gasteiger partial charge in [0.25, 0.3) is 5.91 Å². The maximum absolute atomic E-state index is 14.0. The van der Waals surface area contributed by atoms with E-state index in [4.69, 9.17) is 0 Å². The van der Waals surface area contributed by atoms with Crippen LogP contribution in [0.1, 0.15) is 16.1 Å². The third-order valence-corrected chi connectivity index (χ3v) is 7.19. The number of carbonyl (C=O) groups excluding carboxylic acids is 1. The van der Waals surface area contributed by atoms with E-state index >= 15 is 0 Å². The fourth-order valence-corrected chi connectivity index (χ4v) is 5.13. The van der Waals surface area contributed by atoms with Crippen LogP contribution in [0.15, 0.2) is 71.8 Å². The number of sulfonamides is 1. The van der Waals surface area contributed by atoms with Crippen molar-refractivity contribution in [2.75, 3.05) is 26.2 Å². The number of hydrogen-bond acceptors (Lipinski definition) is 3. The second-order valence-electron chi connectivity index (χ2n) is 7.28. The van der Waals surface area contributed by atoms with Gasteiger partial charge in [-0.1, -0.05) is 30.3 Å². The molecule has 0 atom stereocenters. The molecule has 1 aromatic heterocycles. The summed E-state index contributed by atoms with van der Waals surface area (Å²) in [6.07, 6.45) is 1.83. The minimum Gasteiger partial charge on any atom is -0.339 e. The number of nitrogens with zero attached hydrogens (tertiary/aromatic N) is 3. The molecule has 2 heterocycles. The predicted molar refractivity (Wildman–Crippen MR) is 111 cm³/mol. The van der Waals surface area contributed by atoms with E-state index in [0.717, 1.165) is 22.0 Å². The number of aromatic nitrogens is 1. The molecule has 4 rings (SSSR count). The Kier molecular flexibility index (Phi) is 5.88. The lowest BCUT2D eigenvalue weighted by atomic mass is 10.2. The Hall–Kier alpha value is -3.04. The molecule has 0 radical (unpaired) electrons. The van der Waals surface area contributed by atoms with Gasteiger partial charge in [0.05, 0.1) is 0 Å². The number of amides is 1. The number of hydrogen-bond donors (Lipinski definition) is 0. The molecule has 1 fully saturated rings. The first kappa shape index (κ1) is 21.2. The van der Waals surface area contributed by atoms with E-state index in [9.17, 15) is 22.0 Å². The summed E-state index contributed by atoms with van der Waals surface area (Å²) in [6.45, 7) is 0.867. The molecule has 0 spiro atoms. The lowest BCUT2D eigenvalue weighted by Gasteiger charge is -2.34. The van der Waals surface area contributed by atoms with Crippen LogP contribution in [-0.2, 0) is 16.6 Å². The second-order valence-corrected chi connectivity index (χ2v) is 9.18. The third kappa shape index (κ3) is 4.38. The van der Waals surface area contributed by atoms with Gasteiger partial charge in [-0.3, -0.25) is 4.79 Å². The fraction of sp³-hybridized carbons (Fsp3) is 0.227. The minimum absolute atomic E-state index is 0.00339. The molecule has 0 unspecified atom stereocenters. The fourth-order valence-electron chi connectivity index (χ4n) is 3.63. The Labute approximate surface area is 179 Å². The summed E-state index contributed by atoms with van der Waals surface area (Å²) >= 11 is 0. The smallest absolute Gasteiger partial charge is 0.270 e. The maximum Gasteiger partial charge on any atom is 0.270 e. The van der Waals surface area contributed by atoms with Gasteiger partial charge in [-0.25, -0.2) is 17.2 Å². The van der Waals surface area contributed by atoms with Gasteiger partial charge in [0.15, 0.2) is 0 Å². The van der Waals surface area contributed by atoms with Crippen LogP contribution in [0.4, 0.5) is 8.78 Å². The Balaban J connectivity index is 1.45. The molecule has 162 valence electrons. The molecule has 1 aliphatic heterocycles. The monoisotopic (exact) mass is 445 g/mol. The number of benzene rings is 2. The first-order chi connectivity index (χ1) is 14.9. The van der Waals surface area contributed by atoms with E-state index in [0.29, 0.717) is 18.3 Å². The van der Waals surface area contributed by atoms with Gasteiger partial charge in [0.1, 0.15) is 22.2 Å². The molecule has 0 saturated carbocycles. The first-order valence-electron chi connectivity index (χ1n) is 9.80. The Morgan fingerprint density at radius 3 is 2.32 bits per heavy atom. The molecular weight excluding hydrogens is 424 g/mol. The number of halogens is 2. The summed E-state index contributed by atoms with van der Waals surface area (Å²) in [5.41, 5.74) is 1.57. The zero-order valence-electron chi connectivity index (χ0n) is 16.6. The SMILES string of the molecule is O=C(c1cccn1Cc1ccccc1)N1CCN(S(=O)(=O)c2cc(F)ccc2F)CC1. The van der Waals surface area contributed by atoms with Gasteiger partial charge in [-0.05, 0) is 35.9 Å². The summed E-state index contributed by atoms with van der Waals surface area (Å²) in [4.78, 5) is 13.9. The highest BCUT2D eigenvalue weighted by molar-refractivity contribution is 7.89. The molecule has 9 heteroatoms. The van der Waals surface area contributed by atoms with Crippen molar-refractivity contribution in [2.24, 2.45) is 0 Å². The highest BCUT2D eigenvalue weighted by Gasteiger charge is 2.33. The summed E-state index contributed by atoms with van der Waals surface area (Å²) in [6, 6.07) is 15.6. The van der Waals surface area contributed by atoms with Crippen molar-refractivity contribution < 1.29 is 22.0 Å². The van der Waals surface area contributed by atoms with Crippen molar-refractivity contribution in [1.82, 2.24) is 13.8 Å². The minimum atomic E-state index is -4.19. The third-order valence-electron chi connectivity index (χ3n) is 5.28. The van der Waals surface area contributed by atoms with E-state index in [1.807, 2.05) is 41.1 Å². The molecule has 2 aromatic carbocycles. The van der Waals surface area contributed by atoms with Gasteiger partial charge in [-0.2, -0.15) is 4.31 Å². The van der Waals surface area contributed by atoms with E-state index in [1.54, 1.807) is 17.0 Å². The quantitative estimate of drug-likeness (QED) is 0.607. The summed E-state index contributed by atoms with van der Waals surface area (Å²) in [5, 5.41) is 0. The van der Waals surface area contributed by atoms with Gasteiger partial charge in [-0.15, -0.1) is 0 Å². The topological polar surface area (TPSA) is 62.6 Å². The van der Waals surface area contributed by atoms with Crippen LogP contribution in [0.2, 0.25) is 0 Å². The van der Waals surface area contributed by atoms with Gasteiger partial charge < -0.3 is 9.47 Å². The van der Waals surface area contributed by atoms with Crippen LogP contribution in [0, 0.1) is 11.6 Å². The van der Waals surface area contributed by atoms with Crippen molar-refractivity contribution in [3.05, 3.63) is 89.8 Å². The average Bonchev–Trinajstić information content (AvgIpc) is 3.23. The molecule has 0 aliphatic carbocycles. The largest absolute Gasteiger partial charge is 0.339 e. The molecule has 0 N–H and O–H groups in total. The van der Waals surface area contributed by atoms with Gasteiger partial charge in [0, 0.05) is 38.9 Å². The first-order valence-corrected chi connectivity index (χ1v) is 11.2. The molecule has 31 heavy (non-hydrogen) atoms. The van der Waals surface area contributed by atoms with Crippen molar-refractivity contribution in [3.63, 3.8) is 0 Å². The highest BCUT2D eigenvalue weighted by atomic mass is 32.2. The number of rotatable bonds is 5. The molecule has 1 amide bonds. The molecule has 0 bridgehead atoms. The van der Waals surface area contributed by atoms with E-state index in [-0.39, 0.29) is 32.1 Å². The highest BCUT2D eigenvalue weighted by Crippen LogP contribution is 2.22. The molecule has 3 aromatic rings. The average molecular weight is 445 g/mol. The van der Waals surface area contributed by atoms with Crippen LogP contribution in [0.25, 0.3) is 0 Å². The number of carbonyl (C=O) groups is 1. The maximum atomic E-state index is 14.0. The zero-order chi connectivity index (χ0) is 22.0. The van der Waals surface area contributed by atoms with Crippen LogP contribution >= 0.6 is 0 Å². The van der Waals surface area contributed by atoms with Crippen LogP contribution in [-0.4, -0.2) is 54.3 Å². The Morgan fingerprint density at radius 1 is 0.903 bits per heavy atom. The molecule has 6 nitrogen and oxygen atoms in total. The standard InChI is InChI=1S/C22H21F2N3O3S/c23-18-8-9-19(24)21(15-18)31(29,30)27-13-11-25(12-14-27)22(28)20-7-4-10-26(20)16-17-5-2-1-3-6-17/h1-10,15H,11-14,16H2. The van der Waals surface area contributed by atoms with E-state index in [1.165, 1.54) is 0 Å². The predicted octanol–water partition coefficient (Wildman–Crippen LogP) is 2.96. The van der Waals surface area contributed by atoms with Crippen LogP contribution < -0.4 is 0 Å². The van der Waals surface area contributed by atoms with Crippen LogP contribution in [0.3, 0.4) is 0 Å². The lowest BCUT2D eigenvalue weighted by Crippen LogP contribution is -2.50. The Bertz CT molecular complexity index is 1190. The normalized spacial score (nSPS) is 15.2.